The summed E-state index contributed by atoms with van der Waals surface area (Å²) in [5.74, 6) is 0.719. The molecule has 1 aromatic rings. The number of nitrogens with zero attached hydrogens (tertiary/aromatic N) is 2. The van der Waals surface area contributed by atoms with Crippen LogP contribution in [0.25, 0.3) is 0 Å². The Morgan fingerprint density at radius 1 is 1.56 bits per heavy atom. The fraction of sp³-hybridized carbons (Fsp3) is 0.364. The van der Waals surface area contributed by atoms with Crippen LogP contribution < -0.4 is 11.1 Å². The molecule has 0 aromatic heterocycles. The van der Waals surface area contributed by atoms with Crippen molar-refractivity contribution >= 4 is 49.3 Å². The number of benzene rings is 1. The van der Waals surface area contributed by atoms with Crippen molar-refractivity contribution in [2.45, 2.75) is 12.5 Å². The number of nitrogens with two attached hydrogens (primary N) is 1. The number of nitrogens with one attached hydrogen (secondary N) is 1. The second-order valence-corrected chi connectivity index (χ2v) is 5.91. The molecule has 0 fully saturated rings. The van der Waals surface area contributed by atoms with E-state index in [0.717, 1.165) is 17.1 Å². The number of hydrogen-bond acceptors (Lipinski definition) is 5. The number of thioether (sulfide) groups is 1. The Kier molecular flexibility index (Phi) is 4.77. The molecule has 1 amide bonds. The standard InChI is InChI=1S/C11H14N4OSSe/c1-17-6-5-7(12)11(16)13-8-3-2-4-9-10(8)15-18-14-9/h2-4,7H,5-6,12H2,1H3,(H,13,16)/t7-/m0/s1. The molecule has 0 spiro atoms. The molecule has 2 rings (SSSR count). The average molecular weight is 329 g/mol. The van der Waals surface area contributed by atoms with E-state index in [0.29, 0.717) is 12.1 Å². The number of anilines is 1. The van der Waals surface area contributed by atoms with Crippen molar-refractivity contribution in [3.63, 3.8) is 0 Å². The van der Waals surface area contributed by atoms with E-state index in [1.165, 1.54) is 0 Å². The average Bonchev–Trinajstić information content (AvgIpc) is 2.85. The van der Waals surface area contributed by atoms with E-state index in [2.05, 4.69) is 13.2 Å². The van der Waals surface area contributed by atoms with Crippen molar-refractivity contribution in [2.24, 2.45) is 13.7 Å². The zero-order valence-electron chi connectivity index (χ0n) is 9.92. The van der Waals surface area contributed by atoms with Crippen LogP contribution in [-0.2, 0) is 4.79 Å². The van der Waals surface area contributed by atoms with Crippen molar-refractivity contribution in [3.05, 3.63) is 18.2 Å². The van der Waals surface area contributed by atoms with Gasteiger partial charge in [-0.3, -0.25) is 0 Å². The van der Waals surface area contributed by atoms with Gasteiger partial charge in [0, 0.05) is 0 Å². The SMILES string of the molecule is CSCC[C@H](N)C(=O)Nc1cccc2c1N=[Se]=N2. The third kappa shape index (κ3) is 3.11. The van der Waals surface area contributed by atoms with Gasteiger partial charge in [0.15, 0.2) is 0 Å². The fourth-order valence-electron chi connectivity index (χ4n) is 1.51. The molecule has 0 unspecified atom stereocenters. The molecular formula is C11H14N4OSSe. The Morgan fingerprint density at radius 3 is 3.17 bits per heavy atom. The summed E-state index contributed by atoms with van der Waals surface area (Å²) in [4.78, 5) is 11.9. The molecule has 0 radical (unpaired) electrons. The first-order chi connectivity index (χ1) is 8.72. The number of fused-ring (bicyclic) bond motifs is 1. The van der Waals surface area contributed by atoms with Gasteiger partial charge in [0.1, 0.15) is 0 Å². The molecule has 96 valence electrons. The van der Waals surface area contributed by atoms with Crippen LogP contribution in [-0.4, -0.2) is 38.5 Å². The first-order valence-electron chi connectivity index (χ1n) is 5.49. The topological polar surface area (TPSA) is 79.8 Å². The first kappa shape index (κ1) is 13.5. The number of hydrogen-bond donors (Lipinski definition) is 2. The quantitative estimate of drug-likeness (QED) is 0.824. The molecule has 1 aliphatic heterocycles. The molecule has 18 heavy (non-hydrogen) atoms. The summed E-state index contributed by atoms with van der Waals surface area (Å²) in [7, 11) is 0. The van der Waals surface area contributed by atoms with E-state index in [4.69, 9.17) is 5.73 Å². The number of rotatable bonds is 5. The van der Waals surface area contributed by atoms with Crippen LogP contribution in [0.2, 0.25) is 0 Å². The van der Waals surface area contributed by atoms with Gasteiger partial charge in [-0.1, -0.05) is 0 Å². The van der Waals surface area contributed by atoms with Gasteiger partial charge in [-0.05, 0) is 0 Å². The molecule has 0 saturated carbocycles. The summed E-state index contributed by atoms with van der Waals surface area (Å²) in [6, 6.07) is 5.12. The molecule has 0 saturated heterocycles. The summed E-state index contributed by atoms with van der Waals surface area (Å²) in [5, 5.41) is 2.83. The van der Waals surface area contributed by atoms with E-state index in [1.807, 2.05) is 24.5 Å². The van der Waals surface area contributed by atoms with Gasteiger partial charge in [-0.15, -0.1) is 0 Å². The molecule has 0 aliphatic carbocycles. The van der Waals surface area contributed by atoms with Crippen molar-refractivity contribution in [1.82, 2.24) is 0 Å². The molecule has 1 aliphatic rings. The minimum atomic E-state index is -0.475. The molecule has 1 heterocycles. The van der Waals surface area contributed by atoms with Crippen LogP contribution in [0.15, 0.2) is 26.1 Å². The summed E-state index contributed by atoms with van der Waals surface area (Å²) >= 11 is 1.59. The first-order valence-corrected chi connectivity index (χ1v) is 8.41. The summed E-state index contributed by atoms with van der Waals surface area (Å²) < 4.78 is 8.58. The minimum absolute atomic E-state index is 0.0931. The van der Waals surface area contributed by atoms with Gasteiger partial charge >= 0.3 is 116 Å². The fourth-order valence-corrected chi connectivity index (χ4v) is 3.15. The number of amides is 1. The second-order valence-electron chi connectivity index (χ2n) is 3.81. The molecule has 5 nitrogen and oxygen atoms in total. The number of carbonyl (C=O) groups excluding carboxylic acids is 1. The molecule has 0 bridgehead atoms. The normalized spacial score (nSPS) is 13.9. The van der Waals surface area contributed by atoms with Crippen molar-refractivity contribution < 1.29 is 4.79 Å². The third-order valence-electron chi connectivity index (χ3n) is 2.51. The van der Waals surface area contributed by atoms with Gasteiger partial charge in [0.2, 0.25) is 0 Å². The van der Waals surface area contributed by atoms with Crippen molar-refractivity contribution in [2.75, 3.05) is 17.3 Å². The van der Waals surface area contributed by atoms with Gasteiger partial charge in [0.05, 0.1) is 0 Å². The number of carbonyl (C=O) groups is 1. The summed E-state index contributed by atoms with van der Waals surface area (Å²) in [6.07, 6.45) is 2.67. The zero-order valence-corrected chi connectivity index (χ0v) is 12.4. The third-order valence-corrected chi connectivity index (χ3v) is 4.30. The zero-order chi connectivity index (χ0) is 13.0. The Balaban J connectivity index is 2.04. The van der Waals surface area contributed by atoms with E-state index in [9.17, 15) is 4.79 Å². The van der Waals surface area contributed by atoms with Crippen LogP contribution in [0.1, 0.15) is 6.42 Å². The van der Waals surface area contributed by atoms with Crippen LogP contribution in [0.3, 0.4) is 0 Å². The van der Waals surface area contributed by atoms with Gasteiger partial charge in [-0.25, -0.2) is 0 Å². The predicted molar refractivity (Wildman–Crippen MR) is 76.0 cm³/mol. The van der Waals surface area contributed by atoms with E-state index < -0.39 is 6.04 Å². The van der Waals surface area contributed by atoms with Crippen molar-refractivity contribution in [3.8, 4) is 0 Å². The maximum atomic E-state index is 11.9. The van der Waals surface area contributed by atoms with Crippen LogP contribution in [0.5, 0.6) is 0 Å². The van der Waals surface area contributed by atoms with E-state index in [1.54, 1.807) is 11.8 Å². The van der Waals surface area contributed by atoms with E-state index in [-0.39, 0.29) is 20.5 Å². The van der Waals surface area contributed by atoms with Crippen LogP contribution in [0.4, 0.5) is 17.1 Å². The van der Waals surface area contributed by atoms with Crippen molar-refractivity contribution in [1.29, 1.82) is 0 Å². The maximum absolute atomic E-state index is 11.9. The van der Waals surface area contributed by atoms with Crippen LogP contribution >= 0.6 is 11.8 Å². The predicted octanol–water partition coefficient (Wildman–Crippen LogP) is 2.05. The van der Waals surface area contributed by atoms with E-state index >= 15 is 0 Å². The van der Waals surface area contributed by atoms with Gasteiger partial charge < -0.3 is 0 Å². The monoisotopic (exact) mass is 330 g/mol. The summed E-state index contributed by atoms with van der Waals surface area (Å²) in [5.41, 5.74) is 8.16. The Hall–Kier alpha value is -0.881. The second kappa shape index (κ2) is 6.33. The molecule has 1 aromatic carbocycles. The molecular weight excluding hydrogens is 315 g/mol. The van der Waals surface area contributed by atoms with Gasteiger partial charge in [0.25, 0.3) is 0 Å². The Bertz CT molecular complexity index is 528. The molecule has 7 heteroatoms. The summed E-state index contributed by atoms with van der Waals surface area (Å²) in [6.45, 7) is 0. The molecule has 1 atom stereocenters. The van der Waals surface area contributed by atoms with Gasteiger partial charge in [-0.2, -0.15) is 0 Å². The van der Waals surface area contributed by atoms with Crippen LogP contribution in [0, 0.1) is 0 Å². The molecule has 3 N–H and O–H groups in total. The Labute approximate surface area is 116 Å². The Morgan fingerprint density at radius 2 is 2.39 bits per heavy atom.